The van der Waals surface area contributed by atoms with Crippen LogP contribution in [0.25, 0.3) is 16.6 Å². The number of hydrogen-bond donors (Lipinski definition) is 1. The van der Waals surface area contributed by atoms with E-state index in [0.29, 0.717) is 11.2 Å². The van der Waals surface area contributed by atoms with Gasteiger partial charge in [-0.15, -0.1) is 0 Å². The molecular formula is C15H12BrN3O2. The van der Waals surface area contributed by atoms with Gasteiger partial charge in [-0.05, 0) is 41.9 Å². The Bertz CT molecular complexity index is 871. The predicted octanol–water partition coefficient (Wildman–Crippen LogP) is 3.50. The van der Waals surface area contributed by atoms with Crippen molar-refractivity contribution >= 4 is 32.8 Å². The molecule has 1 N–H and O–H groups in total. The zero-order valence-electron chi connectivity index (χ0n) is 11.5. The Morgan fingerprint density at radius 2 is 2.00 bits per heavy atom. The molecule has 0 atom stereocenters. The van der Waals surface area contributed by atoms with Crippen molar-refractivity contribution in [3.05, 3.63) is 51.9 Å². The number of carboxylic acids is 1. The topological polar surface area (TPSA) is 68.0 Å². The van der Waals surface area contributed by atoms with Crippen molar-refractivity contribution in [2.45, 2.75) is 13.8 Å². The van der Waals surface area contributed by atoms with E-state index < -0.39 is 5.97 Å². The molecule has 0 fully saturated rings. The Labute approximate surface area is 129 Å². The molecule has 2 heterocycles. The summed E-state index contributed by atoms with van der Waals surface area (Å²) < 4.78 is 2.66. The molecule has 0 spiro atoms. The largest absolute Gasteiger partial charge is 0.477 e. The standard InChI is InChI=1S/C15H12BrN3O2/c1-8-14(16)9(2)19(18-8)13-7-12(15(20)21)17-11-6-4-3-5-10(11)13/h3-7H,1-2H3,(H,20,21). The molecule has 3 rings (SSSR count). The summed E-state index contributed by atoms with van der Waals surface area (Å²) in [4.78, 5) is 15.5. The van der Waals surface area contributed by atoms with Gasteiger partial charge in [-0.3, -0.25) is 0 Å². The van der Waals surface area contributed by atoms with E-state index in [-0.39, 0.29) is 5.69 Å². The predicted molar refractivity (Wildman–Crippen MR) is 83.0 cm³/mol. The minimum atomic E-state index is -1.05. The number of aryl methyl sites for hydroxylation is 1. The maximum atomic E-state index is 11.3. The van der Waals surface area contributed by atoms with Gasteiger partial charge in [-0.25, -0.2) is 14.5 Å². The number of aromatic nitrogens is 3. The normalized spacial score (nSPS) is 11.0. The Morgan fingerprint density at radius 1 is 1.29 bits per heavy atom. The van der Waals surface area contributed by atoms with Crippen molar-refractivity contribution in [2.24, 2.45) is 0 Å². The number of carboxylic acid groups (broad SMARTS) is 1. The quantitative estimate of drug-likeness (QED) is 0.771. The van der Waals surface area contributed by atoms with E-state index in [1.807, 2.05) is 32.0 Å². The zero-order valence-corrected chi connectivity index (χ0v) is 13.0. The summed E-state index contributed by atoms with van der Waals surface area (Å²) in [5.74, 6) is -1.05. The number of fused-ring (bicyclic) bond motifs is 1. The van der Waals surface area contributed by atoms with Crippen LogP contribution in [0.3, 0.4) is 0 Å². The first-order valence-corrected chi connectivity index (χ1v) is 7.13. The van der Waals surface area contributed by atoms with E-state index >= 15 is 0 Å². The Hall–Kier alpha value is -2.21. The molecule has 0 bridgehead atoms. The first-order chi connectivity index (χ1) is 9.99. The highest BCUT2D eigenvalue weighted by Gasteiger charge is 2.16. The number of nitrogens with zero attached hydrogens (tertiary/aromatic N) is 3. The third kappa shape index (κ3) is 2.21. The van der Waals surface area contributed by atoms with E-state index in [0.717, 1.165) is 21.2 Å². The van der Waals surface area contributed by atoms with Gasteiger partial charge in [-0.1, -0.05) is 18.2 Å². The van der Waals surface area contributed by atoms with Gasteiger partial charge in [-0.2, -0.15) is 5.10 Å². The minimum absolute atomic E-state index is 0.00683. The summed E-state index contributed by atoms with van der Waals surface area (Å²) in [6, 6.07) is 8.99. The Morgan fingerprint density at radius 3 is 2.62 bits per heavy atom. The number of hydrogen-bond acceptors (Lipinski definition) is 3. The molecule has 3 aromatic rings. The van der Waals surface area contributed by atoms with Crippen LogP contribution in [0.4, 0.5) is 0 Å². The van der Waals surface area contributed by atoms with Gasteiger partial charge in [0.25, 0.3) is 0 Å². The number of benzene rings is 1. The second-order valence-electron chi connectivity index (χ2n) is 4.75. The van der Waals surface area contributed by atoms with Crippen LogP contribution in [0, 0.1) is 13.8 Å². The fraction of sp³-hybridized carbons (Fsp3) is 0.133. The summed E-state index contributed by atoms with van der Waals surface area (Å²) >= 11 is 3.49. The van der Waals surface area contributed by atoms with Crippen LogP contribution in [0.5, 0.6) is 0 Å². The van der Waals surface area contributed by atoms with Gasteiger partial charge in [0.1, 0.15) is 0 Å². The average Bonchev–Trinajstić information content (AvgIpc) is 2.73. The SMILES string of the molecule is Cc1nn(-c2cc(C(=O)O)nc3ccccc23)c(C)c1Br. The third-order valence-electron chi connectivity index (χ3n) is 3.34. The minimum Gasteiger partial charge on any atom is -0.477 e. The van der Waals surface area contributed by atoms with E-state index in [1.54, 1.807) is 16.8 Å². The molecule has 5 nitrogen and oxygen atoms in total. The first-order valence-electron chi connectivity index (χ1n) is 6.34. The van der Waals surface area contributed by atoms with Gasteiger partial charge in [0.05, 0.1) is 27.1 Å². The lowest BCUT2D eigenvalue weighted by molar-refractivity contribution is 0.0691. The van der Waals surface area contributed by atoms with E-state index in [1.165, 1.54) is 0 Å². The Balaban J connectivity index is 2.39. The highest BCUT2D eigenvalue weighted by Crippen LogP contribution is 2.27. The summed E-state index contributed by atoms with van der Waals surface area (Å²) in [6.45, 7) is 3.83. The van der Waals surface area contributed by atoms with E-state index in [2.05, 4.69) is 26.0 Å². The molecule has 6 heteroatoms. The average molecular weight is 346 g/mol. The Kier molecular flexibility index (Phi) is 3.25. The smallest absolute Gasteiger partial charge is 0.354 e. The maximum absolute atomic E-state index is 11.3. The number of para-hydroxylation sites is 1. The molecule has 0 aliphatic carbocycles. The van der Waals surface area contributed by atoms with Crippen LogP contribution < -0.4 is 0 Å². The number of aromatic carboxylic acids is 1. The van der Waals surface area contributed by atoms with Gasteiger partial charge < -0.3 is 5.11 Å². The zero-order chi connectivity index (χ0) is 15.1. The number of rotatable bonds is 2. The van der Waals surface area contributed by atoms with Crippen LogP contribution in [0.2, 0.25) is 0 Å². The second kappa shape index (κ2) is 4.96. The fourth-order valence-electron chi connectivity index (χ4n) is 2.30. The van der Waals surface area contributed by atoms with Gasteiger partial charge in [0, 0.05) is 5.39 Å². The van der Waals surface area contributed by atoms with Crippen molar-refractivity contribution in [3.63, 3.8) is 0 Å². The van der Waals surface area contributed by atoms with Crippen molar-refractivity contribution in [3.8, 4) is 5.69 Å². The van der Waals surface area contributed by atoms with E-state index in [9.17, 15) is 9.90 Å². The summed E-state index contributed by atoms with van der Waals surface area (Å²) in [7, 11) is 0. The van der Waals surface area contributed by atoms with Crippen LogP contribution in [0.15, 0.2) is 34.8 Å². The van der Waals surface area contributed by atoms with Gasteiger partial charge >= 0.3 is 5.97 Å². The molecule has 0 amide bonds. The molecule has 106 valence electrons. The first kappa shape index (κ1) is 13.8. The lowest BCUT2D eigenvalue weighted by Crippen LogP contribution is -2.06. The van der Waals surface area contributed by atoms with E-state index in [4.69, 9.17) is 0 Å². The number of carbonyl (C=O) groups is 1. The lowest BCUT2D eigenvalue weighted by Gasteiger charge is -2.09. The number of pyridine rings is 1. The molecule has 0 aliphatic heterocycles. The van der Waals surface area contributed by atoms with Crippen molar-refractivity contribution < 1.29 is 9.90 Å². The monoisotopic (exact) mass is 345 g/mol. The summed E-state index contributed by atoms with van der Waals surface area (Å²) in [5, 5.41) is 14.6. The van der Waals surface area contributed by atoms with Crippen molar-refractivity contribution in [2.75, 3.05) is 0 Å². The van der Waals surface area contributed by atoms with Gasteiger partial charge in [0.15, 0.2) is 5.69 Å². The summed E-state index contributed by atoms with van der Waals surface area (Å²) in [5.41, 5.74) is 3.12. The van der Waals surface area contributed by atoms with Crippen LogP contribution in [0.1, 0.15) is 21.9 Å². The highest BCUT2D eigenvalue weighted by atomic mass is 79.9. The second-order valence-corrected chi connectivity index (χ2v) is 5.54. The molecular weight excluding hydrogens is 334 g/mol. The molecule has 0 saturated heterocycles. The van der Waals surface area contributed by atoms with Crippen LogP contribution in [-0.4, -0.2) is 25.8 Å². The molecule has 2 aromatic heterocycles. The molecule has 21 heavy (non-hydrogen) atoms. The highest BCUT2D eigenvalue weighted by molar-refractivity contribution is 9.10. The third-order valence-corrected chi connectivity index (χ3v) is 4.49. The summed E-state index contributed by atoms with van der Waals surface area (Å²) in [6.07, 6.45) is 0. The van der Waals surface area contributed by atoms with Crippen LogP contribution >= 0.6 is 15.9 Å². The molecule has 0 unspecified atom stereocenters. The molecule has 1 aromatic carbocycles. The van der Waals surface area contributed by atoms with Gasteiger partial charge in [0.2, 0.25) is 0 Å². The molecule has 0 saturated carbocycles. The van der Waals surface area contributed by atoms with Crippen molar-refractivity contribution in [1.29, 1.82) is 0 Å². The number of halogens is 1. The lowest BCUT2D eigenvalue weighted by atomic mass is 10.1. The molecule has 0 radical (unpaired) electrons. The molecule has 0 aliphatic rings. The maximum Gasteiger partial charge on any atom is 0.354 e. The van der Waals surface area contributed by atoms with Crippen molar-refractivity contribution in [1.82, 2.24) is 14.8 Å². The van der Waals surface area contributed by atoms with Crippen LogP contribution in [-0.2, 0) is 0 Å². The fourth-order valence-corrected chi connectivity index (χ4v) is 2.55.